The van der Waals surface area contributed by atoms with Crippen molar-refractivity contribution in [2.24, 2.45) is 0 Å². The van der Waals surface area contributed by atoms with Crippen LogP contribution in [0.3, 0.4) is 0 Å². The topological polar surface area (TPSA) is 107 Å². The second-order valence-corrected chi connectivity index (χ2v) is 4.79. The molecule has 0 aliphatic carbocycles. The van der Waals surface area contributed by atoms with Gasteiger partial charge in [0, 0.05) is 4.47 Å². The first-order chi connectivity index (χ1) is 8.97. The highest BCUT2D eigenvalue weighted by Crippen LogP contribution is 2.31. The number of anilines is 3. The Kier molecular flexibility index (Phi) is 3.82. The second kappa shape index (κ2) is 5.37. The molecule has 2 aromatic rings. The lowest BCUT2D eigenvalue weighted by Crippen LogP contribution is -2.04. The first-order valence-electron chi connectivity index (χ1n) is 4.96. The molecule has 0 aliphatic heterocycles. The molecule has 19 heavy (non-hydrogen) atoms. The zero-order chi connectivity index (χ0) is 14.0. The molecule has 2 rings (SSSR count). The average molecular weight is 345 g/mol. The second-order valence-electron chi connectivity index (χ2n) is 3.47. The molecule has 0 unspecified atom stereocenters. The molecular weight excluding hydrogens is 338 g/mol. The summed E-state index contributed by atoms with van der Waals surface area (Å²) in [4.78, 5) is 17.7. The SMILES string of the molecule is Nc1ncc([N+](=O)[O-])c(Nc2cc(Br)ccc2Cl)n1. The highest BCUT2D eigenvalue weighted by molar-refractivity contribution is 9.10. The van der Waals surface area contributed by atoms with Crippen molar-refractivity contribution < 1.29 is 4.92 Å². The van der Waals surface area contributed by atoms with Gasteiger partial charge in [0.05, 0.1) is 15.6 Å². The fourth-order valence-electron chi connectivity index (χ4n) is 1.34. The van der Waals surface area contributed by atoms with Gasteiger partial charge in [0.1, 0.15) is 6.20 Å². The first kappa shape index (κ1) is 13.5. The summed E-state index contributed by atoms with van der Waals surface area (Å²) in [5, 5.41) is 14.0. The lowest BCUT2D eigenvalue weighted by atomic mass is 10.3. The van der Waals surface area contributed by atoms with E-state index in [9.17, 15) is 10.1 Å². The number of nitrogen functional groups attached to an aromatic ring is 1. The van der Waals surface area contributed by atoms with Gasteiger partial charge in [-0.2, -0.15) is 4.98 Å². The number of hydrogen-bond donors (Lipinski definition) is 2. The quantitative estimate of drug-likeness (QED) is 0.654. The molecule has 0 saturated heterocycles. The van der Waals surface area contributed by atoms with Crippen molar-refractivity contribution >= 4 is 50.7 Å². The first-order valence-corrected chi connectivity index (χ1v) is 6.13. The third-order valence-electron chi connectivity index (χ3n) is 2.17. The van der Waals surface area contributed by atoms with Crippen molar-refractivity contribution in [1.82, 2.24) is 9.97 Å². The number of nitrogens with zero attached hydrogens (tertiary/aromatic N) is 3. The van der Waals surface area contributed by atoms with Crippen LogP contribution in [-0.2, 0) is 0 Å². The molecule has 9 heteroatoms. The summed E-state index contributed by atoms with van der Waals surface area (Å²) in [5.41, 5.74) is 5.61. The van der Waals surface area contributed by atoms with Crippen LogP contribution in [0, 0.1) is 10.1 Å². The fourth-order valence-corrected chi connectivity index (χ4v) is 1.86. The van der Waals surface area contributed by atoms with Gasteiger partial charge in [-0.3, -0.25) is 10.1 Å². The summed E-state index contributed by atoms with van der Waals surface area (Å²) in [6.45, 7) is 0. The van der Waals surface area contributed by atoms with Crippen LogP contribution in [0.4, 0.5) is 23.1 Å². The van der Waals surface area contributed by atoms with Crippen LogP contribution in [-0.4, -0.2) is 14.9 Å². The molecule has 0 atom stereocenters. The number of hydrogen-bond acceptors (Lipinski definition) is 6. The summed E-state index contributed by atoms with van der Waals surface area (Å²) >= 11 is 9.27. The van der Waals surface area contributed by atoms with E-state index < -0.39 is 4.92 Å². The van der Waals surface area contributed by atoms with E-state index in [0.717, 1.165) is 10.7 Å². The average Bonchev–Trinajstić information content (AvgIpc) is 2.33. The normalized spacial score (nSPS) is 10.2. The number of benzene rings is 1. The molecule has 1 aromatic carbocycles. The number of halogens is 2. The van der Waals surface area contributed by atoms with Crippen molar-refractivity contribution in [1.29, 1.82) is 0 Å². The van der Waals surface area contributed by atoms with Crippen molar-refractivity contribution in [3.63, 3.8) is 0 Å². The maximum atomic E-state index is 10.9. The minimum atomic E-state index is -0.604. The van der Waals surface area contributed by atoms with Crippen LogP contribution in [0.2, 0.25) is 5.02 Å². The Labute approximate surface area is 121 Å². The summed E-state index contributed by atoms with van der Waals surface area (Å²) in [6.07, 6.45) is 1.04. The molecule has 0 amide bonds. The van der Waals surface area contributed by atoms with Crippen LogP contribution in [0.25, 0.3) is 0 Å². The highest BCUT2D eigenvalue weighted by atomic mass is 79.9. The van der Waals surface area contributed by atoms with Gasteiger partial charge in [-0.15, -0.1) is 0 Å². The van der Waals surface area contributed by atoms with Crippen molar-refractivity contribution in [3.8, 4) is 0 Å². The molecule has 7 nitrogen and oxygen atoms in total. The third kappa shape index (κ3) is 3.09. The van der Waals surface area contributed by atoms with Crippen LogP contribution in [0.1, 0.15) is 0 Å². The van der Waals surface area contributed by atoms with E-state index in [1.165, 1.54) is 0 Å². The molecule has 0 bridgehead atoms. The minimum Gasteiger partial charge on any atom is -0.368 e. The van der Waals surface area contributed by atoms with E-state index in [-0.39, 0.29) is 17.5 Å². The van der Waals surface area contributed by atoms with Gasteiger partial charge >= 0.3 is 5.69 Å². The van der Waals surface area contributed by atoms with E-state index in [1.54, 1.807) is 18.2 Å². The molecular formula is C10H7BrClN5O2. The molecule has 3 N–H and O–H groups in total. The molecule has 0 aliphatic rings. The van der Waals surface area contributed by atoms with Crippen LogP contribution >= 0.6 is 27.5 Å². The zero-order valence-electron chi connectivity index (χ0n) is 9.30. The largest absolute Gasteiger partial charge is 0.368 e. The maximum absolute atomic E-state index is 10.9. The van der Waals surface area contributed by atoms with Crippen molar-refractivity contribution in [2.45, 2.75) is 0 Å². The fraction of sp³-hybridized carbons (Fsp3) is 0. The Balaban J connectivity index is 2.45. The van der Waals surface area contributed by atoms with E-state index in [4.69, 9.17) is 17.3 Å². The predicted octanol–water partition coefficient (Wildman–Crippen LogP) is 3.13. The van der Waals surface area contributed by atoms with Crippen LogP contribution in [0.15, 0.2) is 28.9 Å². The number of nitro groups is 1. The van der Waals surface area contributed by atoms with Gasteiger partial charge in [-0.1, -0.05) is 27.5 Å². The Morgan fingerprint density at radius 3 is 2.89 bits per heavy atom. The van der Waals surface area contributed by atoms with E-state index in [0.29, 0.717) is 10.7 Å². The molecule has 0 fully saturated rings. The number of rotatable bonds is 3. The molecule has 1 aromatic heterocycles. The molecule has 98 valence electrons. The summed E-state index contributed by atoms with van der Waals surface area (Å²) in [7, 11) is 0. The van der Waals surface area contributed by atoms with Gasteiger partial charge in [0.25, 0.3) is 0 Å². The van der Waals surface area contributed by atoms with E-state index in [1.807, 2.05) is 0 Å². The third-order valence-corrected chi connectivity index (χ3v) is 2.99. The highest BCUT2D eigenvalue weighted by Gasteiger charge is 2.17. The summed E-state index contributed by atoms with van der Waals surface area (Å²) < 4.78 is 0.768. The van der Waals surface area contributed by atoms with Crippen LogP contribution < -0.4 is 11.1 Å². The van der Waals surface area contributed by atoms with E-state index >= 15 is 0 Å². The molecule has 0 saturated carbocycles. The summed E-state index contributed by atoms with van der Waals surface area (Å²) in [6, 6.07) is 5.06. The van der Waals surface area contributed by atoms with E-state index in [2.05, 4.69) is 31.2 Å². The number of nitrogens with two attached hydrogens (primary N) is 1. The Morgan fingerprint density at radius 1 is 1.47 bits per heavy atom. The maximum Gasteiger partial charge on any atom is 0.329 e. The van der Waals surface area contributed by atoms with Crippen molar-refractivity contribution in [2.75, 3.05) is 11.1 Å². The van der Waals surface area contributed by atoms with Gasteiger partial charge in [-0.25, -0.2) is 4.98 Å². The smallest absolute Gasteiger partial charge is 0.329 e. The lowest BCUT2D eigenvalue weighted by molar-refractivity contribution is -0.384. The zero-order valence-corrected chi connectivity index (χ0v) is 11.6. The predicted molar refractivity (Wildman–Crippen MR) is 75.5 cm³/mol. The monoisotopic (exact) mass is 343 g/mol. The van der Waals surface area contributed by atoms with Gasteiger partial charge in [0.15, 0.2) is 0 Å². The standard InChI is InChI=1S/C10H7BrClN5O2/c11-5-1-2-6(12)7(3-5)15-9-8(17(18)19)4-14-10(13)16-9/h1-4H,(H3,13,14,15,16). The minimum absolute atomic E-state index is 0.0162. The van der Waals surface area contributed by atoms with Gasteiger partial charge in [-0.05, 0) is 18.2 Å². The Bertz CT molecular complexity index is 652. The Hall–Kier alpha value is -1.93. The number of aromatic nitrogens is 2. The molecule has 0 spiro atoms. The molecule has 1 heterocycles. The Morgan fingerprint density at radius 2 is 2.21 bits per heavy atom. The lowest BCUT2D eigenvalue weighted by Gasteiger charge is -2.08. The number of nitrogens with one attached hydrogen (secondary N) is 1. The summed E-state index contributed by atoms with van der Waals surface area (Å²) in [5.74, 6) is -0.0864. The van der Waals surface area contributed by atoms with Gasteiger partial charge in [0.2, 0.25) is 11.8 Å². The van der Waals surface area contributed by atoms with Crippen LogP contribution in [0.5, 0.6) is 0 Å². The van der Waals surface area contributed by atoms with Crippen molar-refractivity contribution in [3.05, 3.63) is 44.0 Å². The van der Waals surface area contributed by atoms with Gasteiger partial charge < -0.3 is 11.1 Å². The molecule has 0 radical (unpaired) electrons.